The van der Waals surface area contributed by atoms with Gasteiger partial charge in [0.15, 0.2) is 0 Å². The Morgan fingerprint density at radius 1 is 1.06 bits per heavy atom. The average molecular weight is 526 g/mol. The number of anilines is 1. The van der Waals surface area contributed by atoms with E-state index >= 15 is 0 Å². The van der Waals surface area contributed by atoms with E-state index in [0.29, 0.717) is 35.1 Å². The van der Waals surface area contributed by atoms with Gasteiger partial charge >= 0.3 is 0 Å². The van der Waals surface area contributed by atoms with Crippen molar-refractivity contribution in [2.24, 2.45) is 0 Å². The first-order chi connectivity index (χ1) is 17.3. The summed E-state index contributed by atoms with van der Waals surface area (Å²) in [6.45, 7) is 4.88. The second-order valence-corrected chi connectivity index (χ2v) is 9.79. The molecule has 8 heteroatoms. The molecule has 36 heavy (non-hydrogen) atoms. The lowest BCUT2D eigenvalue weighted by atomic mass is 10.1. The van der Waals surface area contributed by atoms with E-state index in [4.69, 9.17) is 23.2 Å². The SMILES string of the molecule is CCCNC(=O)C(C)N(Cc1ccc(Cl)c(Cl)c1)C(=O)CCCN1C(=O)c2cccc3cccc1c23. The number of nitrogens with zero attached hydrogens (tertiary/aromatic N) is 2. The number of carbonyl (C=O) groups is 3. The van der Waals surface area contributed by atoms with Crippen molar-refractivity contribution in [3.8, 4) is 0 Å². The van der Waals surface area contributed by atoms with Gasteiger partial charge in [-0.1, -0.05) is 60.5 Å². The predicted molar refractivity (Wildman–Crippen MR) is 145 cm³/mol. The lowest BCUT2D eigenvalue weighted by Crippen LogP contribution is -2.47. The Morgan fingerprint density at radius 3 is 2.53 bits per heavy atom. The average Bonchev–Trinajstić information content (AvgIpc) is 3.15. The van der Waals surface area contributed by atoms with E-state index in [-0.39, 0.29) is 30.7 Å². The van der Waals surface area contributed by atoms with Crippen molar-refractivity contribution in [3.63, 3.8) is 0 Å². The smallest absolute Gasteiger partial charge is 0.258 e. The normalized spacial score (nSPS) is 13.2. The van der Waals surface area contributed by atoms with E-state index in [1.54, 1.807) is 34.9 Å². The highest BCUT2D eigenvalue weighted by molar-refractivity contribution is 6.42. The quantitative estimate of drug-likeness (QED) is 0.362. The molecule has 0 saturated carbocycles. The van der Waals surface area contributed by atoms with Gasteiger partial charge in [0.1, 0.15) is 6.04 Å². The monoisotopic (exact) mass is 525 g/mol. The van der Waals surface area contributed by atoms with E-state index in [2.05, 4.69) is 5.32 Å². The van der Waals surface area contributed by atoms with Gasteiger partial charge in [-0.3, -0.25) is 14.4 Å². The Labute approximate surface area is 221 Å². The second-order valence-electron chi connectivity index (χ2n) is 8.98. The summed E-state index contributed by atoms with van der Waals surface area (Å²) in [5, 5.41) is 5.67. The summed E-state index contributed by atoms with van der Waals surface area (Å²) in [6, 6.07) is 16.1. The fraction of sp³-hybridized carbons (Fsp3) is 0.321. The highest BCUT2D eigenvalue weighted by Gasteiger charge is 2.30. The van der Waals surface area contributed by atoms with E-state index in [9.17, 15) is 14.4 Å². The highest BCUT2D eigenvalue weighted by Crippen LogP contribution is 2.37. The van der Waals surface area contributed by atoms with Crippen LogP contribution in [0.1, 0.15) is 49.0 Å². The standard InChI is InChI=1S/C28H29Cl2N3O3/c1-3-14-31-27(35)18(2)33(17-19-12-13-22(29)23(30)16-19)25(34)11-6-15-32-24-10-5-8-20-7-4-9-21(26(20)24)28(32)36/h4-5,7-10,12-13,16,18H,3,6,11,14-15,17H2,1-2H3,(H,31,35). The molecule has 0 radical (unpaired) electrons. The third-order valence-corrected chi connectivity index (χ3v) is 7.21. The number of hydrogen-bond donors (Lipinski definition) is 1. The van der Waals surface area contributed by atoms with Crippen LogP contribution in [0.25, 0.3) is 10.8 Å². The summed E-state index contributed by atoms with van der Waals surface area (Å²) >= 11 is 12.2. The molecule has 1 aliphatic heterocycles. The number of amides is 3. The molecule has 1 N–H and O–H groups in total. The van der Waals surface area contributed by atoms with Crippen molar-refractivity contribution in [1.82, 2.24) is 10.2 Å². The van der Waals surface area contributed by atoms with E-state index < -0.39 is 6.04 Å². The largest absolute Gasteiger partial charge is 0.354 e. The van der Waals surface area contributed by atoms with E-state index in [0.717, 1.165) is 28.4 Å². The fourth-order valence-electron chi connectivity index (χ4n) is 4.55. The van der Waals surface area contributed by atoms with Crippen molar-refractivity contribution < 1.29 is 14.4 Å². The first-order valence-corrected chi connectivity index (χ1v) is 12.9. The van der Waals surface area contributed by atoms with Crippen LogP contribution in [0.5, 0.6) is 0 Å². The zero-order valence-electron chi connectivity index (χ0n) is 20.4. The van der Waals surface area contributed by atoms with Gasteiger partial charge in [-0.2, -0.15) is 0 Å². The second kappa shape index (κ2) is 11.3. The molecule has 0 spiro atoms. The maximum atomic E-state index is 13.4. The third kappa shape index (κ3) is 5.35. The van der Waals surface area contributed by atoms with Crippen LogP contribution >= 0.6 is 23.2 Å². The van der Waals surface area contributed by atoms with E-state index in [1.165, 1.54) is 0 Å². The van der Waals surface area contributed by atoms with Gasteiger partial charge in [-0.25, -0.2) is 0 Å². The summed E-state index contributed by atoms with van der Waals surface area (Å²) in [4.78, 5) is 42.4. The fourth-order valence-corrected chi connectivity index (χ4v) is 4.87. The number of benzene rings is 3. The molecule has 3 aromatic rings. The van der Waals surface area contributed by atoms with Gasteiger partial charge < -0.3 is 15.1 Å². The maximum Gasteiger partial charge on any atom is 0.258 e. The van der Waals surface area contributed by atoms with Crippen LogP contribution in [0.15, 0.2) is 54.6 Å². The van der Waals surface area contributed by atoms with Gasteiger partial charge in [-0.15, -0.1) is 0 Å². The minimum atomic E-state index is -0.662. The summed E-state index contributed by atoms with van der Waals surface area (Å²) < 4.78 is 0. The molecule has 6 nitrogen and oxygen atoms in total. The van der Waals surface area contributed by atoms with Crippen molar-refractivity contribution in [2.45, 2.75) is 45.7 Å². The Bertz CT molecular complexity index is 1310. The Balaban J connectivity index is 1.46. The van der Waals surface area contributed by atoms with Gasteiger partial charge in [0.2, 0.25) is 11.8 Å². The lowest BCUT2D eigenvalue weighted by Gasteiger charge is -2.29. The first kappa shape index (κ1) is 26.0. The van der Waals surface area contributed by atoms with Crippen LogP contribution in [0.3, 0.4) is 0 Å². The van der Waals surface area contributed by atoms with Crippen molar-refractivity contribution in [2.75, 3.05) is 18.0 Å². The van der Waals surface area contributed by atoms with Gasteiger partial charge in [0.25, 0.3) is 5.91 Å². The lowest BCUT2D eigenvalue weighted by molar-refractivity contribution is -0.140. The summed E-state index contributed by atoms with van der Waals surface area (Å²) in [5.74, 6) is -0.418. The molecule has 0 fully saturated rings. The molecule has 3 amide bonds. The molecule has 1 atom stereocenters. The summed E-state index contributed by atoms with van der Waals surface area (Å²) in [5.41, 5.74) is 2.35. The maximum absolute atomic E-state index is 13.4. The molecule has 1 unspecified atom stereocenters. The Kier molecular flexibility index (Phi) is 8.17. The van der Waals surface area contributed by atoms with Crippen LogP contribution in [0, 0.1) is 0 Å². The molecule has 4 rings (SSSR count). The molecular formula is C28H29Cl2N3O3. The van der Waals surface area contributed by atoms with Crippen LogP contribution in [0.4, 0.5) is 5.69 Å². The third-order valence-electron chi connectivity index (χ3n) is 6.47. The molecule has 0 bridgehead atoms. The predicted octanol–water partition coefficient (Wildman–Crippen LogP) is 5.83. The first-order valence-electron chi connectivity index (χ1n) is 12.2. The molecular weight excluding hydrogens is 497 g/mol. The van der Waals surface area contributed by atoms with Crippen LogP contribution in [0.2, 0.25) is 10.0 Å². The van der Waals surface area contributed by atoms with Crippen LogP contribution in [-0.4, -0.2) is 41.8 Å². The minimum absolute atomic E-state index is 0.0470. The number of hydrogen-bond acceptors (Lipinski definition) is 3. The van der Waals surface area contributed by atoms with E-state index in [1.807, 2.05) is 43.3 Å². The molecule has 3 aromatic carbocycles. The zero-order chi connectivity index (χ0) is 25.8. The summed E-state index contributed by atoms with van der Waals surface area (Å²) in [6.07, 6.45) is 1.47. The molecule has 1 aliphatic rings. The van der Waals surface area contributed by atoms with Gasteiger partial charge in [0, 0.05) is 37.0 Å². The van der Waals surface area contributed by atoms with Gasteiger partial charge in [0.05, 0.1) is 15.7 Å². The number of halogens is 2. The molecule has 0 aliphatic carbocycles. The number of nitrogens with one attached hydrogen (secondary N) is 1. The van der Waals surface area contributed by atoms with Crippen molar-refractivity contribution in [3.05, 3.63) is 75.8 Å². The van der Waals surface area contributed by atoms with Crippen molar-refractivity contribution >= 4 is 57.4 Å². The van der Waals surface area contributed by atoms with Crippen LogP contribution < -0.4 is 10.2 Å². The topological polar surface area (TPSA) is 69.7 Å². The number of carbonyl (C=O) groups excluding carboxylic acids is 3. The Hall–Kier alpha value is -3.09. The molecule has 188 valence electrons. The van der Waals surface area contributed by atoms with Gasteiger partial charge in [-0.05, 0) is 55.0 Å². The minimum Gasteiger partial charge on any atom is -0.354 e. The molecule has 0 aromatic heterocycles. The molecule has 1 heterocycles. The molecule has 0 saturated heterocycles. The van der Waals surface area contributed by atoms with Crippen LogP contribution in [-0.2, 0) is 16.1 Å². The number of rotatable bonds is 10. The summed E-state index contributed by atoms with van der Waals surface area (Å²) in [7, 11) is 0. The Morgan fingerprint density at radius 2 is 1.81 bits per heavy atom. The van der Waals surface area contributed by atoms with Crippen molar-refractivity contribution in [1.29, 1.82) is 0 Å². The zero-order valence-corrected chi connectivity index (χ0v) is 21.9. The highest BCUT2D eigenvalue weighted by atomic mass is 35.5.